The first-order chi connectivity index (χ1) is 18.5. The van der Waals surface area contributed by atoms with Crippen molar-refractivity contribution in [3.05, 3.63) is 70.8 Å². The van der Waals surface area contributed by atoms with Crippen LogP contribution < -0.4 is 10.1 Å². The van der Waals surface area contributed by atoms with Gasteiger partial charge in [0.05, 0.1) is 30.6 Å². The second-order valence-corrected chi connectivity index (χ2v) is 10.9. The van der Waals surface area contributed by atoms with Crippen molar-refractivity contribution >= 4 is 33.8 Å². The van der Waals surface area contributed by atoms with E-state index in [9.17, 15) is 14.0 Å². The molecule has 204 valence electrons. The van der Waals surface area contributed by atoms with Gasteiger partial charge in [0, 0.05) is 29.3 Å². The van der Waals surface area contributed by atoms with Gasteiger partial charge in [-0.3, -0.25) is 9.78 Å². The van der Waals surface area contributed by atoms with Crippen LogP contribution in [0.5, 0.6) is 5.75 Å². The highest BCUT2D eigenvalue weighted by atomic mass is 19.1. The Kier molecular flexibility index (Phi) is 6.92. The van der Waals surface area contributed by atoms with E-state index in [1.165, 1.54) is 13.2 Å². The summed E-state index contributed by atoms with van der Waals surface area (Å²) >= 11 is 0. The number of fused-ring (bicyclic) bond motifs is 5. The van der Waals surface area contributed by atoms with Gasteiger partial charge in [-0.2, -0.15) is 0 Å². The predicted octanol–water partition coefficient (Wildman–Crippen LogP) is 5.25. The third-order valence-corrected chi connectivity index (χ3v) is 6.89. The van der Waals surface area contributed by atoms with Gasteiger partial charge < -0.3 is 24.7 Å². The lowest BCUT2D eigenvalue weighted by atomic mass is 9.96. The summed E-state index contributed by atoms with van der Waals surface area (Å²) in [5, 5.41) is 4.82. The molecule has 5 rings (SSSR count). The van der Waals surface area contributed by atoms with Gasteiger partial charge in [-0.15, -0.1) is 0 Å². The number of para-hydroxylation sites is 1. The maximum absolute atomic E-state index is 14.5. The SMILES string of the molecule is COc1ccc(Cc2nc3c(c4c2[nH]c2ccccc24)CCN(C(=O)C(C)NC(=O)OC(C)(C)C)C3)cc1F. The number of ether oxygens (including phenoxy) is 2. The zero-order valence-electron chi connectivity index (χ0n) is 22.9. The van der Waals surface area contributed by atoms with Crippen LogP contribution in [0.2, 0.25) is 0 Å². The molecule has 0 bridgehead atoms. The topological polar surface area (TPSA) is 96.5 Å². The molecule has 0 radical (unpaired) electrons. The van der Waals surface area contributed by atoms with Crippen molar-refractivity contribution < 1.29 is 23.5 Å². The quantitative estimate of drug-likeness (QED) is 0.366. The van der Waals surface area contributed by atoms with Crippen molar-refractivity contribution in [2.75, 3.05) is 13.7 Å². The monoisotopic (exact) mass is 532 g/mol. The minimum atomic E-state index is -0.750. The fraction of sp³-hybridized carbons (Fsp3) is 0.367. The van der Waals surface area contributed by atoms with Gasteiger partial charge in [0.2, 0.25) is 5.91 Å². The highest BCUT2D eigenvalue weighted by Crippen LogP contribution is 2.35. The Balaban J connectivity index is 1.48. The molecule has 1 atom stereocenters. The Labute approximate surface area is 226 Å². The van der Waals surface area contributed by atoms with E-state index >= 15 is 0 Å². The third kappa shape index (κ3) is 5.39. The average molecular weight is 533 g/mol. The molecule has 2 aromatic carbocycles. The lowest BCUT2D eigenvalue weighted by Crippen LogP contribution is -2.49. The van der Waals surface area contributed by atoms with Crippen molar-refractivity contribution in [3.63, 3.8) is 0 Å². The number of nitrogens with zero attached hydrogens (tertiary/aromatic N) is 2. The van der Waals surface area contributed by atoms with E-state index in [-0.39, 0.29) is 11.7 Å². The molecule has 1 aliphatic rings. The number of aromatic amines is 1. The molecule has 2 amide bonds. The number of hydrogen-bond acceptors (Lipinski definition) is 5. The number of H-pyrrole nitrogens is 1. The van der Waals surface area contributed by atoms with Crippen molar-refractivity contribution in [2.45, 2.75) is 58.7 Å². The molecule has 1 aliphatic heterocycles. The van der Waals surface area contributed by atoms with Crippen LogP contribution in [0.4, 0.5) is 9.18 Å². The second-order valence-electron chi connectivity index (χ2n) is 10.9. The highest BCUT2D eigenvalue weighted by Gasteiger charge is 2.30. The summed E-state index contributed by atoms with van der Waals surface area (Å²) in [6.07, 6.45) is 0.402. The molecule has 8 nitrogen and oxygen atoms in total. The summed E-state index contributed by atoms with van der Waals surface area (Å²) in [4.78, 5) is 35.8. The number of amides is 2. The molecule has 0 aliphatic carbocycles. The summed E-state index contributed by atoms with van der Waals surface area (Å²) < 4.78 is 24.8. The first kappa shape index (κ1) is 26.5. The molecule has 2 aromatic heterocycles. The van der Waals surface area contributed by atoms with Crippen LogP contribution in [0.3, 0.4) is 0 Å². The van der Waals surface area contributed by atoms with Crippen LogP contribution in [0.1, 0.15) is 50.2 Å². The Hall–Kier alpha value is -4.14. The second kappa shape index (κ2) is 10.2. The van der Waals surface area contributed by atoms with Crippen molar-refractivity contribution in [2.24, 2.45) is 0 Å². The van der Waals surface area contributed by atoms with Crippen molar-refractivity contribution in [1.82, 2.24) is 20.2 Å². The first-order valence-electron chi connectivity index (χ1n) is 13.1. The number of carbonyl (C=O) groups is 2. The number of rotatable bonds is 5. The van der Waals surface area contributed by atoms with Crippen LogP contribution in [0.25, 0.3) is 21.8 Å². The molecular formula is C30H33FN4O4. The van der Waals surface area contributed by atoms with Crippen LogP contribution in [0.15, 0.2) is 42.5 Å². The van der Waals surface area contributed by atoms with Crippen LogP contribution in [-0.2, 0) is 28.9 Å². The zero-order chi connectivity index (χ0) is 27.9. The van der Waals surface area contributed by atoms with Gasteiger partial charge in [0.1, 0.15) is 11.6 Å². The van der Waals surface area contributed by atoms with Gasteiger partial charge in [-0.25, -0.2) is 9.18 Å². The van der Waals surface area contributed by atoms with Gasteiger partial charge in [-0.1, -0.05) is 24.3 Å². The Morgan fingerprint density at radius 3 is 2.69 bits per heavy atom. The zero-order valence-corrected chi connectivity index (χ0v) is 22.9. The summed E-state index contributed by atoms with van der Waals surface area (Å²) in [7, 11) is 1.44. The lowest BCUT2D eigenvalue weighted by Gasteiger charge is -2.31. The van der Waals surface area contributed by atoms with Gasteiger partial charge in [-0.05, 0) is 63.4 Å². The van der Waals surface area contributed by atoms with Crippen molar-refractivity contribution in [1.29, 1.82) is 0 Å². The van der Waals surface area contributed by atoms with E-state index in [0.717, 1.165) is 44.3 Å². The normalized spacial score (nSPS) is 14.3. The molecule has 9 heteroatoms. The number of alkyl carbamates (subject to hydrolysis) is 1. The molecule has 0 fully saturated rings. The number of nitrogens with one attached hydrogen (secondary N) is 2. The Morgan fingerprint density at radius 2 is 1.97 bits per heavy atom. The maximum Gasteiger partial charge on any atom is 0.408 e. The predicted molar refractivity (Wildman–Crippen MR) is 147 cm³/mol. The number of carbonyl (C=O) groups excluding carboxylic acids is 2. The highest BCUT2D eigenvalue weighted by molar-refractivity contribution is 6.10. The molecule has 1 unspecified atom stereocenters. The maximum atomic E-state index is 14.5. The molecular weight excluding hydrogens is 499 g/mol. The fourth-order valence-corrected chi connectivity index (χ4v) is 5.16. The van der Waals surface area contributed by atoms with Crippen LogP contribution >= 0.6 is 0 Å². The number of benzene rings is 2. The summed E-state index contributed by atoms with van der Waals surface area (Å²) in [6.45, 7) is 7.79. The molecule has 0 saturated heterocycles. The van der Waals surface area contributed by atoms with Gasteiger partial charge in [0.25, 0.3) is 0 Å². The Morgan fingerprint density at radius 1 is 1.21 bits per heavy atom. The van der Waals surface area contributed by atoms with Crippen LogP contribution in [-0.4, -0.2) is 52.2 Å². The van der Waals surface area contributed by atoms with Gasteiger partial charge in [0.15, 0.2) is 11.6 Å². The van der Waals surface area contributed by atoms with E-state index < -0.39 is 23.6 Å². The fourth-order valence-electron chi connectivity index (χ4n) is 5.16. The average Bonchev–Trinajstić information content (AvgIpc) is 3.27. The number of aromatic nitrogens is 2. The number of methoxy groups -OCH3 is 1. The molecule has 0 saturated carbocycles. The third-order valence-electron chi connectivity index (χ3n) is 6.89. The standard InChI is InChI=1S/C30H33FN4O4/c1-17(32-29(37)39-30(2,3)4)28(36)35-13-12-20-24(16-35)33-23(15-18-10-11-25(38-5)21(31)14-18)27-26(20)19-8-6-7-9-22(19)34-27/h6-11,14,17,34H,12-13,15-16H2,1-5H3,(H,32,37). The van der Waals surface area contributed by atoms with Gasteiger partial charge >= 0.3 is 6.09 Å². The molecule has 39 heavy (non-hydrogen) atoms. The smallest absolute Gasteiger partial charge is 0.408 e. The first-order valence-corrected chi connectivity index (χ1v) is 13.1. The minimum Gasteiger partial charge on any atom is -0.494 e. The molecule has 0 spiro atoms. The number of halogens is 1. The van der Waals surface area contributed by atoms with E-state index in [2.05, 4.69) is 16.4 Å². The van der Waals surface area contributed by atoms with E-state index in [4.69, 9.17) is 14.5 Å². The minimum absolute atomic E-state index is 0.191. The number of hydrogen-bond donors (Lipinski definition) is 2. The summed E-state index contributed by atoms with van der Waals surface area (Å²) in [5.41, 5.74) is 4.71. The van der Waals surface area contributed by atoms with E-state index in [1.807, 2.05) is 24.3 Å². The summed E-state index contributed by atoms with van der Waals surface area (Å²) in [6, 6.07) is 12.3. The van der Waals surface area contributed by atoms with E-state index in [0.29, 0.717) is 25.9 Å². The van der Waals surface area contributed by atoms with Crippen molar-refractivity contribution in [3.8, 4) is 5.75 Å². The molecule has 2 N–H and O–H groups in total. The molecule has 4 aromatic rings. The largest absolute Gasteiger partial charge is 0.494 e. The van der Waals surface area contributed by atoms with E-state index in [1.54, 1.807) is 38.7 Å². The molecule has 3 heterocycles. The lowest BCUT2D eigenvalue weighted by molar-refractivity contribution is -0.134. The summed E-state index contributed by atoms with van der Waals surface area (Å²) in [5.74, 6) is -0.439. The number of pyridine rings is 1. The Bertz CT molecular complexity index is 1570. The van der Waals surface area contributed by atoms with Crippen LogP contribution in [0, 0.1) is 5.82 Å².